The smallest absolute Gasteiger partial charge is 0.469 e. The Bertz CT molecular complexity index is 765. The predicted octanol–water partition coefficient (Wildman–Crippen LogP) is 5.29. The van der Waals surface area contributed by atoms with Crippen molar-refractivity contribution < 1.29 is 39.4 Å². The number of hydrogen-bond donors (Lipinski definition) is 0. The summed E-state index contributed by atoms with van der Waals surface area (Å²) in [5.74, 6) is 1.26. The van der Waals surface area contributed by atoms with Crippen LogP contribution in [0, 0.1) is 63.7 Å². The van der Waals surface area contributed by atoms with Gasteiger partial charge in [0.05, 0.1) is 0 Å². The van der Waals surface area contributed by atoms with Crippen LogP contribution in [0.4, 0.5) is 0 Å². The molecule has 2 aliphatic carbocycles. The molecule has 3 aromatic rings. The molecule has 0 aromatic heterocycles. The molecule has 1 nitrogen and oxygen atoms in total. The maximum atomic E-state index is 3.13. The number of benzene rings is 3. The van der Waals surface area contributed by atoms with Crippen LogP contribution in [0.15, 0.2) is 91.0 Å². The molecule has 0 unspecified atom stereocenters. The van der Waals surface area contributed by atoms with E-state index in [2.05, 4.69) is 123 Å². The van der Waals surface area contributed by atoms with E-state index in [0.717, 1.165) is 6.54 Å². The van der Waals surface area contributed by atoms with Crippen molar-refractivity contribution in [3.05, 3.63) is 155 Å². The molecule has 0 heterocycles. The maximum Gasteiger partial charge on any atom is 1.00 e. The first-order chi connectivity index (χ1) is 16.2. The molecule has 4 heteroatoms. The van der Waals surface area contributed by atoms with Gasteiger partial charge >= 0.3 is 22.4 Å². The minimum atomic E-state index is -0.446. The molecule has 10 radical (unpaired) electrons. The summed E-state index contributed by atoms with van der Waals surface area (Å²) in [5.41, 5.74) is 0. The van der Waals surface area contributed by atoms with Gasteiger partial charge < -0.3 is 11.3 Å². The molecule has 0 saturated heterocycles. The molecule has 2 aliphatic rings. The van der Waals surface area contributed by atoms with Gasteiger partial charge in [-0.3, -0.25) is 0 Å². The molecule has 5 rings (SSSR count). The van der Waals surface area contributed by atoms with Crippen LogP contribution in [0.25, 0.3) is 0 Å². The Hall–Kier alpha value is -0.690. The second kappa shape index (κ2) is 19.4. The molecule has 3 aromatic carbocycles. The Morgan fingerprint density at radius 1 is 0.600 bits per heavy atom. The summed E-state index contributed by atoms with van der Waals surface area (Å²) in [5, 5.41) is 4.19. The van der Waals surface area contributed by atoms with Crippen LogP contribution in [0.1, 0.15) is 0 Å². The van der Waals surface area contributed by atoms with Gasteiger partial charge in [0.25, 0.3) is 0 Å². The van der Waals surface area contributed by atoms with Crippen LogP contribution in [-0.2, 0) is 39.4 Å². The van der Waals surface area contributed by atoms with E-state index in [9.17, 15) is 0 Å². The number of hydrogen-bond acceptors (Lipinski definition) is 1. The summed E-state index contributed by atoms with van der Waals surface area (Å²) in [7, 11) is 3.67. The quantitative estimate of drug-likeness (QED) is 0.199. The summed E-state index contributed by atoms with van der Waals surface area (Å²) in [4.78, 5) is 2.13. The molecule has 0 bridgehead atoms. The summed E-state index contributed by atoms with van der Waals surface area (Å²) in [6, 6.07) is 32.3. The van der Waals surface area contributed by atoms with Crippen molar-refractivity contribution in [1.29, 1.82) is 0 Å². The molecule has 0 N–H and O–H groups in total. The first kappa shape index (κ1) is 32.3. The van der Waals surface area contributed by atoms with Gasteiger partial charge in [-0.1, -0.05) is 104 Å². The van der Waals surface area contributed by atoms with Crippen LogP contribution in [0.5, 0.6) is 0 Å². The Balaban J connectivity index is 0.000000319. The minimum absolute atomic E-state index is 0. The van der Waals surface area contributed by atoms with E-state index < -0.39 is 7.92 Å². The van der Waals surface area contributed by atoms with E-state index in [0.29, 0.717) is 0 Å². The van der Waals surface area contributed by atoms with Gasteiger partial charge in [-0.2, -0.15) is 5.92 Å². The zero-order valence-corrected chi connectivity index (χ0v) is 24.2. The van der Waals surface area contributed by atoms with E-state index >= 15 is 0 Å². The van der Waals surface area contributed by atoms with Crippen LogP contribution >= 0.6 is 7.92 Å². The molecule has 2 saturated carbocycles. The summed E-state index contributed by atoms with van der Waals surface area (Å²) in [6.07, 6.45) is 19.2. The Kier molecular flexibility index (Phi) is 17.9. The minimum Gasteiger partial charge on any atom is -0.469 e. The standard InChI is InChI=1S/C18H15P.C8H11N.C5H5.Au.Fe/c1-4-10-16(11-5-1)19(17-12-6-2-7-13-17)18-14-8-3-9-15-18;1-9(2)7-8-5-3-4-6-8;1-2-4-5-3-1;;/h1-15H;3-5H,7H2,1-2H3;1-5H;;/q;-1;;+1;. The van der Waals surface area contributed by atoms with Crippen molar-refractivity contribution in [3.8, 4) is 0 Å². The van der Waals surface area contributed by atoms with Gasteiger partial charge in [0.1, 0.15) is 0 Å². The normalized spacial score (nSPS) is 14.7. The van der Waals surface area contributed by atoms with Crippen LogP contribution < -0.4 is 15.9 Å². The third-order valence-corrected chi connectivity index (χ3v) is 7.19. The molecular weight excluding hydrogens is 670 g/mol. The van der Waals surface area contributed by atoms with E-state index in [1.54, 1.807) is 0 Å². The first-order valence-electron chi connectivity index (χ1n) is 11.1. The molecule has 184 valence electrons. The number of rotatable bonds is 5. The largest absolute Gasteiger partial charge is 1.00 e. The SMILES string of the molecule is CN(C)C[C]1[C-][CH][CH][CH]1.[Au+].[CH]1[CH][CH][CH][CH]1.[Fe].c1ccc(P(c2ccccc2)c2ccccc2)cc1. The van der Waals surface area contributed by atoms with Gasteiger partial charge in [0.2, 0.25) is 0 Å². The molecule has 2 fully saturated rings. The van der Waals surface area contributed by atoms with Gasteiger partial charge in [-0.15, -0.1) is 0 Å². The fourth-order valence-corrected chi connectivity index (χ4v) is 5.61. The van der Waals surface area contributed by atoms with Gasteiger partial charge in [-0.25, -0.2) is 6.42 Å². The van der Waals surface area contributed by atoms with Crippen LogP contribution in [0.2, 0.25) is 0 Å². The average molecular weight is 701 g/mol. The molecule has 35 heavy (non-hydrogen) atoms. The first-order valence-corrected chi connectivity index (χ1v) is 12.5. The van der Waals surface area contributed by atoms with Crippen molar-refractivity contribution in [2.45, 2.75) is 0 Å². The van der Waals surface area contributed by atoms with Gasteiger partial charge in [-0.05, 0) is 76.6 Å². The summed E-state index contributed by atoms with van der Waals surface area (Å²) >= 11 is 0. The van der Waals surface area contributed by atoms with Crippen molar-refractivity contribution in [2.75, 3.05) is 20.6 Å². The third-order valence-electron chi connectivity index (χ3n) is 4.75. The molecule has 0 spiro atoms. The second-order valence-electron chi connectivity index (χ2n) is 7.74. The Morgan fingerprint density at radius 3 is 1.26 bits per heavy atom. The second-order valence-corrected chi connectivity index (χ2v) is 9.96. The van der Waals surface area contributed by atoms with Crippen molar-refractivity contribution in [2.24, 2.45) is 0 Å². The van der Waals surface area contributed by atoms with E-state index in [4.69, 9.17) is 0 Å². The summed E-state index contributed by atoms with van der Waals surface area (Å²) < 4.78 is 0. The Morgan fingerprint density at radius 2 is 0.971 bits per heavy atom. The average Bonchev–Trinajstić information content (AvgIpc) is 3.59. The zero-order chi connectivity index (χ0) is 23.1. The molecule has 0 amide bonds. The van der Waals surface area contributed by atoms with E-state index in [1.807, 2.05) is 44.9 Å². The van der Waals surface area contributed by atoms with E-state index in [1.165, 1.54) is 21.8 Å². The fraction of sp³-hybridized carbons (Fsp3) is 0.0968. The number of nitrogens with zero attached hydrogens (tertiary/aromatic N) is 1. The Labute approximate surface area is 242 Å². The molecule has 0 aliphatic heterocycles. The van der Waals surface area contributed by atoms with Gasteiger partial charge in [0.15, 0.2) is 0 Å². The van der Waals surface area contributed by atoms with Crippen molar-refractivity contribution in [1.82, 2.24) is 4.90 Å². The van der Waals surface area contributed by atoms with Crippen LogP contribution in [0.3, 0.4) is 0 Å². The predicted molar refractivity (Wildman–Crippen MR) is 145 cm³/mol. The third kappa shape index (κ3) is 12.4. The maximum absolute atomic E-state index is 3.13. The van der Waals surface area contributed by atoms with Crippen LogP contribution in [-0.4, -0.2) is 25.5 Å². The van der Waals surface area contributed by atoms with Crippen molar-refractivity contribution >= 4 is 23.8 Å². The summed E-state index contributed by atoms with van der Waals surface area (Å²) in [6.45, 7) is 0.993. The van der Waals surface area contributed by atoms with Gasteiger partial charge in [0, 0.05) is 17.1 Å². The molecule has 0 atom stereocenters. The van der Waals surface area contributed by atoms with Crippen molar-refractivity contribution in [3.63, 3.8) is 0 Å². The monoisotopic (exact) mass is 701 g/mol. The van der Waals surface area contributed by atoms with E-state index in [-0.39, 0.29) is 39.4 Å². The molecular formula is C31H31AuFeNP. The zero-order valence-electron chi connectivity index (χ0n) is 20.0. The topological polar surface area (TPSA) is 3.24 Å². The fourth-order valence-electron chi connectivity index (χ4n) is 3.31.